The first kappa shape index (κ1) is 12.4. The van der Waals surface area contributed by atoms with Crippen LogP contribution in [0, 0.1) is 7.18 Å². The summed E-state index contributed by atoms with van der Waals surface area (Å²) >= 11 is 16.3. The van der Waals surface area contributed by atoms with E-state index < -0.39 is 6.00 Å². The molecular weight excluding hydrogens is 201 g/mol. The van der Waals surface area contributed by atoms with Crippen molar-refractivity contribution in [1.82, 2.24) is 0 Å². The fourth-order valence-electron chi connectivity index (χ4n) is 0.164. The lowest BCUT2D eigenvalue weighted by molar-refractivity contribution is 0.713. The van der Waals surface area contributed by atoms with Crippen LogP contribution in [0.15, 0.2) is 12.7 Å². The Bertz CT molecular complexity index is 70.7. The molecule has 0 amide bonds. The number of rotatable bonds is 2. The molecule has 0 nitrogen and oxygen atoms in total. The van der Waals surface area contributed by atoms with Crippen molar-refractivity contribution < 1.29 is 4.39 Å². The molecule has 9 heavy (non-hydrogen) atoms. The van der Waals surface area contributed by atoms with Gasteiger partial charge in [-0.05, 0) is 0 Å². The van der Waals surface area contributed by atoms with Crippen LogP contribution in [-0.2, 0) is 0 Å². The molecular formula is C4H5Cl3FSi. The van der Waals surface area contributed by atoms with Crippen LogP contribution in [-0.4, -0.2) is 6.00 Å². The summed E-state index contributed by atoms with van der Waals surface area (Å²) in [7, 11) is 4.25. The molecule has 0 aliphatic heterocycles. The summed E-state index contributed by atoms with van der Waals surface area (Å²) in [5, 5.41) is 0. The van der Waals surface area contributed by atoms with Crippen molar-refractivity contribution in [3.05, 3.63) is 19.8 Å². The van der Waals surface area contributed by atoms with Crippen LogP contribution in [0.25, 0.3) is 0 Å². The van der Waals surface area contributed by atoms with E-state index in [1.807, 2.05) is 0 Å². The van der Waals surface area contributed by atoms with Gasteiger partial charge in [0, 0.05) is 6.04 Å². The highest BCUT2D eigenvalue weighted by molar-refractivity contribution is 7.64. The van der Waals surface area contributed by atoms with Gasteiger partial charge in [0.15, 0.2) is 0 Å². The zero-order valence-corrected chi connectivity index (χ0v) is 7.77. The summed E-state index contributed by atoms with van der Waals surface area (Å²) in [5.41, 5.74) is 0. The summed E-state index contributed by atoms with van der Waals surface area (Å²) in [4.78, 5) is 0. The van der Waals surface area contributed by atoms with Gasteiger partial charge < -0.3 is 0 Å². The molecule has 0 aromatic rings. The molecule has 0 fully saturated rings. The average Bonchev–Trinajstić information content (AvgIpc) is 1.69. The van der Waals surface area contributed by atoms with Gasteiger partial charge in [-0.2, -0.15) is 0 Å². The van der Waals surface area contributed by atoms with E-state index in [0.29, 0.717) is 6.04 Å². The van der Waals surface area contributed by atoms with Gasteiger partial charge in [-0.1, -0.05) is 6.08 Å². The summed E-state index contributed by atoms with van der Waals surface area (Å²) < 4.78 is 8.75. The first-order valence-corrected chi connectivity index (χ1v) is 7.17. The van der Waals surface area contributed by atoms with Gasteiger partial charge in [-0.3, -0.25) is 0 Å². The number of halogens is 4. The van der Waals surface area contributed by atoms with Crippen LogP contribution >= 0.6 is 33.2 Å². The molecule has 0 aliphatic rings. The summed E-state index contributed by atoms with van der Waals surface area (Å²) in [5.74, 6) is 0. The van der Waals surface area contributed by atoms with Crippen LogP contribution in [0.4, 0.5) is 4.39 Å². The van der Waals surface area contributed by atoms with E-state index in [4.69, 9.17) is 37.6 Å². The lowest BCUT2D eigenvalue weighted by Crippen LogP contribution is -2.05. The molecule has 0 aromatic heterocycles. The first-order valence-electron chi connectivity index (χ1n) is 1.93. The van der Waals surface area contributed by atoms with Gasteiger partial charge in [0.1, 0.15) is 0 Å². The van der Waals surface area contributed by atoms with Gasteiger partial charge in [-0.25, -0.2) is 4.39 Å². The van der Waals surface area contributed by atoms with Crippen LogP contribution in [0.2, 0.25) is 6.04 Å². The van der Waals surface area contributed by atoms with Crippen molar-refractivity contribution in [3.63, 3.8) is 0 Å². The Morgan fingerprint density at radius 2 is 1.78 bits per heavy atom. The van der Waals surface area contributed by atoms with Gasteiger partial charge >= 0.3 is 6.00 Å². The second-order valence-corrected chi connectivity index (χ2v) is 10.3. The molecule has 3 radical (unpaired) electrons. The molecule has 0 bridgehead atoms. The van der Waals surface area contributed by atoms with Crippen molar-refractivity contribution in [2.45, 2.75) is 6.04 Å². The predicted molar refractivity (Wildman–Crippen MR) is 42.7 cm³/mol. The standard InChI is InChI=1S/C3H5Cl3Si.CF/c1-2-3-7(4,5)6;1-2/h2H,1,3H2;. The molecule has 0 saturated carbocycles. The normalized spacial score (nSPS) is 9.44. The van der Waals surface area contributed by atoms with Crippen LogP contribution < -0.4 is 0 Å². The fraction of sp³-hybridized carbons (Fsp3) is 0.250. The van der Waals surface area contributed by atoms with Crippen molar-refractivity contribution in [1.29, 1.82) is 0 Å². The first-order chi connectivity index (χ1) is 4.06. The largest absolute Gasteiger partial charge is 0.344 e. The molecule has 0 spiro atoms. The molecule has 0 N–H and O–H groups in total. The Hall–Kier alpha value is 0.757. The molecule has 0 aromatic carbocycles. The highest BCUT2D eigenvalue weighted by Crippen LogP contribution is 2.24. The quantitative estimate of drug-likeness (QED) is 0.369. The Morgan fingerprint density at radius 1 is 1.44 bits per heavy atom. The van der Waals surface area contributed by atoms with E-state index in [1.54, 1.807) is 6.08 Å². The third kappa shape index (κ3) is 17.7. The number of hydrogen-bond acceptors (Lipinski definition) is 0. The molecule has 0 heterocycles. The Morgan fingerprint density at radius 3 is 1.78 bits per heavy atom. The lowest BCUT2D eigenvalue weighted by atomic mass is 10.8. The summed E-state index contributed by atoms with van der Waals surface area (Å²) in [6.07, 6.45) is 1.62. The molecule has 0 aliphatic carbocycles. The second-order valence-electron chi connectivity index (χ2n) is 1.11. The molecule has 5 heteroatoms. The highest BCUT2D eigenvalue weighted by atomic mass is 35.8. The maximum atomic E-state index is 8.75. The summed E-state index contributed by atoms with van der Waals surface area (Å²) in [6.45, 7) is 3.43. The minimum absolute atomic E-state index is 0.539. The van der Waals surface area contributed by atoms with E-state index in [9.17, 15) is 0 Å². The Labute approximate surface area is 69.7 Å². The number of hydrogen-bond donors (Lipinski definition) is 0. The molecule has 0 atom stereocenters. The Kier molecular flexibility index (Phi) is 9.49. The van der Waals surface area contributed by atoms with E-state index in [1.165, 1.54) is 0 Å². The third-order valence-corrected chi connectivity index (χ3v) is 2.52. The Balaban J connectivity index is 0. The number of allylic oxidation sites excluding steroid dienone is 1. The minimum atomic E-state index is -2.36. The van der Waals surface area contributed by atoms with Crippen LogP contribution in [0.5, 0.6) is 0 Å². The van der Waals surface area contributed by atoms with Crippen molar-refractivity contribution in [2.24, 2.45) is 0 Å². The predicted octanol–water partition coefficient (Wildman–Crippen LogP) is 3.33. The van der Waals surface area contributed by atoms with Crippen LogP contribution in [0.3, 0.4) is 0 Å². The van der Waals surface area contributed by atoms with Crippen molar-refractivity contribution in [3.8, 4) is 0 Å². The zero-order chi connectivity index (χ0) is 7.91. The van der Waals surface area contributed by atoms with Gasteiger partial charge in [0.2, 0.25) is 7.18 Å². The highest BCUT2D eigenvalue weighted by Gasteiger charge is 2.21. The fourth-order valence-corrected chi connectivity index (χ4v) is 1.47. The smallest absolute Gasteiger partial charge is 0.232 e. The van der Waals surface area contributed by atoms with E-state index in [0.717, 1.165) is 0 Å². The van der Waals surface area contributed by atoms with Crippen molar-refractivity contribution in [2.75, 3.05) is 0 Å². The van der Waals surface area contributed by atoms with Crippen molar-refractivity contribution >= 4 is 39.2 Å². The topological polar surface area (TPSA) is 0 Å². The summed E-state index contributed by atoms with van der Waals surface area (Å²) in [6, 6.07) is -1.82. The minimum Gasteiger partial charge on any atom is -0.232 e. The zero-order valence-electron chi connectivity index (χ0n) is 4.50. The van der Waals surface area contributed by atoms with E-state index in [-0.39, 0.29) is 0 Å². The molecule has 0 saturated heterocycles. The SMILES string of the molecule is C=CC[Si](Cl)(Cl)Cl.[C]F. The molecule has 0 unspecified atom stereocenters. The van der Waals surface area contributed by atoms with E-state index >= 15 is 0 Å². The van der Waals surface area contributed by atoms with Crippen LogP contribution in [0.1, 0.15) is 0 Å². The monoisotopic (exact) mass is 205 g/mol. The van der Waals surface area contributed by atoms with Gasteiger partial charge in [-0.15, -0.1) is 39.8 Å². The average molecular weight is 207 g/mol. The van der Waals surface area contributed by atoms with Gasteiger partial charge in [0.05, 0.1) is 0 Å². The second kappa shape index (κ2) is 6.87. The lowest BCUT2D eigenvalue weighted by Gasteiger charge is -1.99. The maximum absolute atomic E-state index is 8.75. The molecule has 53 valence electrons. The molecule has 0 rings (SSSR count). The maximum Gasteiger partial charge on any atom is 0.344 e. The third-order valence-electron chi connectivity index (χ3n) is 0.376. The van der Waals surface area contributed by atoms with Gasteiger partial charge in [0.25, 0.3) is 0 Å². The van der Waals surface area contributed by atoms with E-state index in [2.05, 4.69) is 13.8 Å².